The van der Waals surface area contributed by atoms with Crippen molar-refractivity contribution < 1.29 is 9.47 Å². The summed E-state index contributed by atoms with van der Waals surface area (Å²) in [5, 5.41) is 3.32. The lowest BCUT2D eigenvalue weighted by atomic mass is 10.2. The molecule has 92 valence electrons. The molecule has 0 aliphatic rings. The van der Waals surface area contributed by atoms with E-state index in [1.807, 2.05) is 0 Å². The quantitative estimate of drug-likeness (QED) is 0.421. The van der Waals surface area contributed by atoms with Crippen molar-refractivity contribution in [1.29, 1.82) is 0 Å². The van der Waals surface area contributed by atoms with E-state index in [-0.39, 0.29) is 0 Å². The first-order valence-corrected chi connectivity index (χ1v) is 6.37. The van der Waals surface area contributed by atoms with Gasteiger partial charge in [0.15, 0.2) is 0 Å². The van der Waals surface area contributed by atoms with Crippen molar-refractivity contribution in [3.05, 3.63) is 0 Å². The Balaban J connectivity index is 2.87. The lowest BCUT2D eigenvalue weighted by molar-refractivity contribution is 0.0492. The Hall–Kier alpha value is 0.230. The van der Waals surface area contributed by atoms with Crippen molar-refractivity contribution in [2.45, 2.75) is 20.3 Å². The highest BCUT2D eigenvalue weighted by molar-refractivity contribution is 7.80. The molecule has 0 saturated heterocycles. The Morgan fingerprint density at radius 3 is 2.33 bits per heavy atom. The van der Waals surface area contributed by atoms with Gasteiger partial charge in [-0.1, -0.05) is 13.8 Å². The second kappa shape index (κ2) is 12.3. The topological polar surface area (TPSA) is 30.5 Å². The van der Waals surface area contributed by atoms with Gasteiger partial charge in [-0.15, -0.1) is 0 Å². The van der Waals surface area contributed by atoms with Crippen molar-refractivity contribution in [3.63, 3.8) is 0 Å². The van der Waals surface area contributed by atoms with Gasteiger partial charge in [0.2, 0.25) is 0 Å². The van der Waals surface area contributed by atoms with Crippen LogP contribution in [0, 0.1) is 5.92 Å². The maximum atomic E-state index is 5.39. The molecule has 0 aliphatic carbocycles. The molecule has 0 unspecified atom stereocenters. The third-order valence-electron chi connectivity index (χ3n) is 1.79. The van der Waals surface area contributed by atoms with Crippen LogP contribution in [0.4, 0.5) is 0 Å². The molecule has 3 nitrogen and oxygen atoms in total. The molecule has 0 bridgehead atoms. The lowest BCUT2D eigenvalue weighted by Gasteiger charge is -2.08. The molecule has 0 radical (unpaired) electrons. The molecular weight excluding hydrogens is 210 g/mol. The second-order valence-electron chi connectivity index (χ2n) is 3.90. The average Bonchev–Trinajstić information content (AvgIpc) is 2.20. The van der Waals surface area contributed by atoms with Gasteiger partial charge < -0.3 is 14.8 Å². The Labute approximate surface area is 99.3 Å². The van der Waals surface area contributed by atoms with Crippen LogP contribution in [0.5, 0.6) is 0 Å². The van der Waals surface area contributed by atoms with Crippen LogP contribution in [0.3, 0.4) is 0 Å². The number of ether oxygens (including phenoxy) is 2. The molecular formula is C11H25NO2S. The van der Waals surface area contributed by atoms with Gasteiger partial charge in [0.05, 0.1) is 19.8 Å². The molecule has 0 atom stereocenters. The van der Waals surface area contributed by atoms with E-state index < -0.39 is 0 Å². The summed E-state index contributed by atoms with van der Waals surface area (Å²) in [5.41, 5.74) is 0. The molecule has 1 N–H and O–H groups in total. The van der Waals surface area contributed by atoms with E-state index in [4.69, 9.17) is 9.47 Å². The van der Waals surface area contributed by atoms with Crippen molar-refractivity contribution in [3.8, 4) is 0 Å². The van der Waals surface area contributed by atoms with Crippen LogP contribution in [0.2, 0.25) is 0 Å². The van der Waals surface area contributed by atoms with E-state index >= 15 is 0 Å². The third-order valence-corrected chi connectivity index (χ3v) is 2.11. The second-order valence-corrected chi connectivity index (χ2v) is 4.35. The largest absolute Gasteiger partial charge is 0.379 e. The van der Waals surface area contributed by atoms with E-state index in [1.165, 1.54) is 0 Å². The van der Waals surface area contributed by atoms with Crippen LogP contribution >= 0.6 is 12.6 Å². The molecule has 0 aromatic carbocycles. The predicted molar refractivity (Wildman–Crippen MR) is 67.8 cm³/mol. The average molecular weight is 235 g/mol. The zero-order valence-electron chi connectivity index (χ0n) is 10.00. The fourth-order valence-corrected chi connectivity index (χ4v) is 1.15. The first-order valence-electron chi connectivity index (χ1n) is 5.74. The van der Waals surface area contributed by atoms with E-state index in [0.29, 0.717) is 19.1 Å². The molecule has 0 amide bonds. The molecule has 0 rings (SSSR count). The van der Waals surface area contributed by atoms with Gasteiger partial charge in [-0.05, 0) is 24.6 Å². The third kappa shape index (κ3) is 14.2. The molecule has 0 aromatic rings. The molecule has 15 heavy (non-hydrogen) atoms. The van der Waals surface area contributed by atoms with Crippen molar-refractivity contribution in [1.82, 2.24) is 5.32 Å². The summed E-state index contributed by atoms with van der Waals surface area (Å²) in [6.07, 6.45) is 1.01. The Bertz CT molecular complexity index is 123. The Morgan fingerprint density at radius 2 is 1.73 bits per heavy atom. The van der Waals surface area contributed by atoms with Crippen LogP contribution in [0.25, 0.3) is 0 Å². The Morgan fingerprint density at radius 1 is 1.07 bits per heavy atom. The molecule has 0 aromatic heterocycles. The van der Waals surface area contributed by atoms with Gasteiger partial charge in [-0.2, -0.15) is 12.6 Å². The highest BCUT2D eigenvalue weighted by Gasteiger charge is 1.93. The smallest absolute Gasteiger partial charge is 0.0701 e. The van der Waals surface area contributed by atoms with Crippen molar-refractivity contribution in [2.24, 2.45) is 5.92 Å². The number of thiol groups is 1. The monoisotopic (exact) mass is 235 g/mol. The lowest BCUT2D eigenvalue weighted by Crippen LogP contribution is -2.24. The standard InChI is InChI=1S/C11H25NO2S/c1-11(2)10-12-4-6-14-8-7-13-5-3-9-15/h11-12,15H,3-10H2,1-2H3. The molecule has 4 heteroatoms. The fourth-order valence-electron chi connectivity index (χ4n) is 1.02. The molecule has 0 spiro atoms. The normalized spacial score (nSPS) is 11.2. The molecule has 0 fully saturated rings. The zero-order valence-corrected chi connectivity index (χ0v) is 10.9. The minimum absolute atomic E-state index is 0.690. The maximum Gasteiger partial charge on any atom is 0.0701 e. The molecule has 0 aliphatic heterocycles. The van der Waals surface area contributed by atoms with Crippen LogP contribution in [0.15, 0.2) is 0 Å². The first kappa shape index (κ1) is 15.2. The first-order chi connectivity index (χ1) is 7.27. The minimum Gasteiger partial charge on any atom is -0.379 e. The van der Waals surface area contributed by atoms with E-state index in [0.717, 1.165) is 38.5 Å². The summed E-state index contributed by atoms with van der Waals surface area (Å²) in [6, 6.07) is 0. The summed E-state index contributed by atoms with van der Waals surface area (Å²) in [7, 11) is 0. The minimum atomic E-state index is 0.690. The van der Waals surface area contributed by atoms with Crippen molar-refractivity contribution >= 4 is 12.6 Å². The van der Waals surface area contributed by atoms with Gasteiger partial charge in [0, 0.05) is 13.2 Å². The van der Waals surface area contributed by atoms with E-state index in [1.54, 1.807) is 0 Å². The van der Waals surface area contributed by atoms with Gasteiger partial charge >= 0.3 is 0 Å². The summed E-state index contributed by atoms with van der Waals surface area (Å²) >= 11 is 4.10. The van der Waals surface area contributed by atoms with Crippen LogP contribution < -0.4 is 5.32 Å². The van der Waals surface area contributed by atoms with Gasteiger partial charge in [-0.25, -0.2) is 0 Å². The van der Waals surface area contributed by atoms with Crippen LogP contribution in [-0.2, 0) is 9.47 Å². The molecule has 0 saturated carbocycles. The van der Waals surface area contributed by atoms with Crippen molar-refractivity contribution in [2.75, 3.05) is 45.3 Å². The number of hydrogen-bond acceptors (Lipinski definition) is 4. The highest BCUT2D eigenvalue weighted by Crippen LogP contribution is 1.87. The number of rotatable bonds is 11. The van der Waals surface area contributed by atoms with Crippen LogP contribution in [0.1, 0.15) is 20.3 Å². The van der Waals surface area contributed by atoms with Crippen LogP contribution in [-0.4, -0.2) is 45.3 Å². The van der Waals surface area contributed by atoms with E-state index in [2.05, 4.69) is 31.8 Å². The van der Waals surface area contributed by atoms with E-state index in [9.17, 15) is 0 Å². The predicted octanol–water partition coefficient (Wildman–Crippen LogP) is 1.59. The summed E-state index contributed by atoms with van der Waals surface area (Å²) < 4.78 is 10.7. The summed E-state index contributed by atoms with van der Waals surface area (Å²) in [6.45, 7) is 9.32. The highest BCUT2D eigenvalue weighted by atomic mass is 32.1. The van der Waals surface area contributed by atoms with Gasteiger partial charge in [0.25, 0.3) is 0 Å². The Kier molecular flexibility index (Phi) is 12.5. The van der Waals surface area contributed by atoms with Gasteiger partial charge in [0.1, 0.15) is 0 Å². The summed E-state index contributed by atoms with van der Waals surface area (Å²) in [4.78, 5) is 0. The SMILES string of the molecule is CC(C)CNCCOCCOCCCS. The number of hydrogen-bond donors (Lipinski definition) is 2. The summed E-state index contributed by atoms with van der Waals surface area (Å²) in [5.74, 6) is 1.59. The fraction of sp³-hybridized carbons (Fsp3) is 1.00. The van der Waals surface area contributed by atoms with Gasteiger partial charge in [-0.3, -0.25) is 0 Å². The maximum absolute atomic E-state index is 5.39. The molecule has 0 heterocycles. The number of nitrogens with one attached hydrogen (secondary N) is 1. The zero-order chi connectivity index (χ0) is 11.4.